The Morgan fingerprint density at radius 3 is 2.24 bits per heavy atom. The Bertz CT molecular complexity index is 1690. The fraction of sp³-hybridized carbons (Fsp3) is 0.171. The Hall–Kier alpha value is -4.73. The standard InChI is InChI=1S/C35H34ClN3O5S/c1-5-32(35(42)38-28-20-27(36)30(43-3)21-31(28)44-4)45-26-13-9-12-25(19-26)37-34(41)29(18-23-16-14-22(2)15-17-23)39-33(40)24-10-7-6-8-11-24/h6-21,32H,5H2,1-4H3,(H,37,41)(H,38,42)(H,39,40)/b29-18+. The lowest BCUT2D eigenvalue weighted by atomic mass is 10.1. The molecule has 4 aromatic carbocycles. The van der Waals surface area contributed by atoms with Crippen LogP contribution in [0.1, 0.15) is 34.8 Å². The molecule has 0 aliphatic rings. The third-order valence-corrected chi connectivity index (χ3v) is 8.34. The molecule has 0 bridgehead atoms. The largest absolute Gasteiger partial charge is 0.495 e. The summed E-state index contributed by atoms with van der Waals surface area (Å²) in [6, 6.07) is 26.7. The number of benzene rings is 4. The molecule has 1 atom stereocenters. The van der Waals surface area contributed by atoms with Crippen molar-refractivity contribution in [3.8, 4) is 11.5 Å². The van der Waals surface area contributed by atoms with E-state index in [1.807, 2.05) is 50.2 Å². The van der Waals surface area contributed by atoms with Crippen molar-refractivity contribution in [2.24, 2.45) is 0 Å². The van der Waals surface area contributed by atoms with Crippen LogP contribution in [0.5, 0.6) is 11.5 Å². The minimum Gasteiger partial charge on any atom is -0.495 e. The smallest absolute Gasteiger partial charge is 0.272 e. The number of hydrogen-bond acceptors (Lipinski definition) is 6. The second kappa shape index (κ2) is 15.8. The predicted molar refractivity (Wildman–Crippen MR) is 181 cm³/mol. The molecule has 0 saturated heterocycles. The number of anilines is 2. The molecule has 8 nitrogen and oxygen atoms in total. The Kier molecular flexibility index (Phi) is 11.7. The summed E-state index contributed by atoms with van der Waals surface area (Å²) in [5.74, 6) is -0.273. The van der Waals surface area contributed by atoms with Crippen LogP contribution in [0.4, 0.5) is 11.4 Å². The molecule has 0 radical (unpaired) electrons. The molecule has 0 aliphatic carbocycles. The zero-order chi connectivity index (χ0) is 32.3. The minimum absolute atomic E-state index is 0.0867. The number of aryl methyl sites for hydroxylation is 1. The molecule has 232 valence electrons. The first kappa shape index (κ1) is 33.2. The number of methoxy groups -OCH3 is 2. The number of ether oxygens (including phenoxy) is 2. The molecule has 0 heterocycles. The van der Waals surface area contributed by atoms with Gasteiger partial charge in [0.2, 0.25) is 5.91 Å². The van der Waals surface area contributed by atoms with Crippen LogP contribution in [0.3, 0.4) is 0 Å². The Morgan fingerprint density at radius 2 is 1.58 bits per heavy atom. The van der Waals surface area contributed by atoms with E-state index < -0.39 is 17.1 Å². The number of thioether (sulfide) groups is 1. The molecule has 1 unspecified atom stereocenters. The molecule has 45 heavy (non-hydrogen) atoms. The third-order valence-electron chi connectivity index (χ3n) is 6.68. The maximum Gasteiger partial charge on any atom is 0.272 e. The van der Waals surface area contributed by atoms with Crippen molar-refractivity contribution in [1.82, 2.24) is 5.32 Å². The van der Waals surface area contributed by atoms with Gasteiger partial charge >= 0.3 is 0 Å². The van der Waals surface area contributed by atoms with E-state index in [-0.39, 0.29) is 11.6 Å². The first-order valence-electron chi connectivity index (χ1n) is 14.2. The lowest BCUT2D eigenvalue weighted by Gasteiger charge is -2.18. The van der Waals surface area contributed by atoms with Gasteiger partial charge in [-0.25, -0.2) is 0 Å². The number of carbonyl (C=O) groups is 3. The maximum absolute atomic E-state index is 13.5. The first-order chi connectivity index (χ1) is 21.7. The molecular weight excluding hydrogens is 610 g/mol. The van der Waals surface area contributed by atoms with E-state index in [2.05, 4.69) is 16.0 Å². The van der Waals surface area contributed by atoms with Crippen molar-refractivity contribution in [3.63, 3.8) is 0 Å². The highest BCUT2D eigenvalue weighted by Crippen LogP contribution is 2.37. The number of hydrogen-bond donors (Lipinski definition) is 3. The van der Waals surface area contributed by atoms with Crippen molar-refractivity contribution in [3.05, 3.63) is 118 Å². The second-order valence-electron chi connectivity index (χ2n) is 9.96. The number of nitrogens with one attached hydrogen (secondary N) is 3. The summed E-state index contributed by atoms with van der Waals surface area (Å²) in [5, 5.41) is 8.43. The van der Waals surface area contributed by atoms with Gasteiger partial charge in [0, 0.05) is 22.2 Å². The van der Waals surface area contributed by atoms with Crippen LogP contribution in [0.2, 0.25) is 5.02 Å². The summed E-state index contributed by atoms with van der Waals surface area (Å²) in [6.45, 7) is 3.89. The van der Waals surface area contributed by atoms with Gasteiger partial charge in [-0.15, -0.1) is 11.8 Å². The fourth-order valence-electron chi connectivity index (χ4n) is 4.27. The zero-order valence-corrected chi connectivity index (χ0v) is 26.9. The summed E-state index contributed by atoms with van der Waals surface area (Å²) in [5.41, 5.74) is 3.29. The highest BCUT2D eigenvalue weighted by molar-refractivity contribution is 8.00. The van der Waals surface area contributed by atoms with E-state index in [0.29, 0.717) is 39.9 Å². The molecule has 3 amide bonds. The van der Waals surface area contributed by atoms with E-state index in [1.165, 1.54) is 26.0 Å². The average molecular weight is 644 g/mol. The van der Waals surface area contributed by atoms with Crippen LogP contribution in [-0.4, -0.2) is 37.2 Å². The molecule has 0 aliphatic heterocycles. The molecular formula is C35H34ClN3O5S. The van der Waals surface area contributed by atoms with Gasteiger partial charge in [-0.05, 0) is 61.4 Å². The topological polar surface area (TPSA) is 106 Å². The van der Waals surface area contributed by atoms with Crippen LogP contribution in [0, 0.1) is 6.92 Å². The number of rotatable bonds is 12. The lowest BCUT2D eigenvalue weighted by Crippen LogP contribution is -2.30. The molecule has 4 rings (SSSR count). The van der Waals surface area contributed by atoms with Crippen LogP contribution in [0.25, 0.3) is 6.08 Å². The Labute approximate surface area is 272 Å². The Balaban J connectivity index is 1.50. The van der Waals surface area contributed by atoms with Crippen molar-refractivity contribution >= 4 is 58.5 Å². The van der Waals surface area contributed by atoms with Crippen molar-refractivity contribution in [2.45, 2.75) is 30.4 Å². The molecule has 0 aromatic heterocycles. The van der Waals surface area contributed by atoms with Crippen LogP contribution in [0.15, 0.2) is 102 Å². The van der Waals surface area contributed by atoms with Crippen molar-refractivity contribution in [1.29, 1.82) is 0 Å². The SMILES string of the molecule is CCC(Sc1cccc(NC(=O)/C(=C\c2ccc(C)cc2)NC(=O)c2ccccc2)c1)C(=O)Nc1cc(Cl)c(OC)cc1OC. The average Bonchev–Trinajstić information content (AvgIpc) is 3.05. The maximum atomic E-state index is 13.5. The van der Waals surface area contributed by atoms with E-state index >= 15 is 0 Å². The summed E-state index contributed by atoms with van der Waals surface area (Å²) < 4.78 is 10.6. The van der Waals surface area contributed by atoms with Crippen LogP contribution in [-0.2, 0) is 9.59 Å². The normalized spacial score (nSPS) is 11.7. The summed E-state index contributed by atoms with van der Waals surface area (Å²) in [7, 11) is 3.00. The quantitative estimate of drug-likeness (QED) is 0.109. The summed E-state index contributed by atoms with van der Waals surface area (Å²) >= 11 is 7.63. The third kappa shape index (κ3) is 9.14. The highest BCUT2D eigenvalue weighted by atomic mass is 35.5. The van der Waals surface area contributed by atoms with Gasteiger partial charge in [0.05, 0.1) is 30.2 Å². The van der Waals surface area contributed by atoms with Crippen molar-refractivity contribution in [2.75, 3.05) is 24.9 Å². The van der Waals surface area contributed by atoms with E-state index in [4.69, 9.17) is 21.1 Å². The van der Waals surface area contributed by atoms with Gasteiger partial charge in [-0.2, -0.15) is 0 Å². The van der Waals surface area contributed by atoms with Crippen LogP contribution >= 0.6 is 23.4 Å². The Morgan fingerprint density at radius 1 is 0.867 bits per heavy atom. The van der Waals surface area contributed by atoms with E-state index in [0.717, 1.165) is 16.0 Å². The van der Waals surface area contributed by atoms with Gasteiger partial charge < -0.3 is 25.4 Å². The predicted octanol–water partition coefficient (Wildman–Crippen LogP) is 7.58. The minimum atomic E-state index is -0.490. The number of carbonyl (C=O) groups excluding carboxylic acids is 3. The number of halogens is 1. The van der Waals surface area contributed by atoms with E-state index in [1.54, 1.807) is 60.7 Å². The lowest BCUT2D eigenvalue weighted by molar-refractivity contribution is -0.116. The second-order valence-corrected chi connectivity index (χ2v) is 11.6. The fourth-order valence-corrected chi connectivity index (χ4v) is 5.53. The van der Waals surface area contributed by atoms with Gasteiger partial charge in [0.25, 0.3) is 11.8 Å². The van der Waals surface area contributed by atoms with Gasteiger partial charge in [-0.3, -0.25) is 14.4 Å². The van der Waals surface area contributed by atoms with Gasteiger partial charge in [0.15, 0.2) is 0 Å². The molecule has 10 heteroatoms. The molecule has 0 spiro atoms. The molecule has 3 N–H and O–H groups in total. The van der Waals surface area contributed by atoms with Crippen molar-refractivity contribution < 1.29 is 23.9 Å². The summed E-state index contributed by atoms with van der Waals surface area (Å²) in [6.07, 6.45) is 2.17. The summed E-state index contributed by atoms with van der Waals surface area (Å²) in [4.78, 5) is 40.5. The van der Waals surface area contributed by atoms with Gasteiger partial charge in [0.1, 0.15) is 17.2 Å². The van der Waals surface area contributed by atoms with Gasteiger partial charge in [-0.1, -0.05) is 72.6 Å². The first-order valence-corrected chi connectivity index (χ1v) is 15.4. The zero-order valence-electron chi connectivity index (χ0n) is 25.3. The monoisotopic (exact) mass is 643 g/mol. The molecule has 0 fully saturated rings. The van der Waals surface area contributed by atoms with E-state index in [9.17, 15) is 14.4 Å². The van der Waals surface area contributed by atoms with Crippen LogP contribution < -0.4 is 25.4 Å². The molecule has 0 saturated carbocycles. The number of amides is 3. The highest BCUT2D eigenvalue weighted by Gasteiger charge is 2.21. The molecule has 4 aromatic rings.